The summed E-state index contributed by atoms with van der Waals surface area (Å²) in [6, 6.07) is 4.57. The van der Waals surface area contributed by atoms with Crippen LogP contribution in [0, 0.1) is 12.7 Å². The zero-order chi connectivity index (χ0) is 13.1. The molecule has 6 heteroatoms. The van der Waals surface area contributed by atoms with Crippen molar-refractivity contribution in [2.24, 2.45) is 5.84 Å². The van der Waals surface area contributed by atoms with E-state index >= 15 is 0 Å². The van der Waals surface area contributed by atoms with Crippen LogP contribution in [0.1, 0.15) is 22.3 Å². The van der Waals surface area contributed by atoms with Crippen molar-refractivity contribution in [2.45, 2.75) is 19.4 Å². The third kappa shape index (κ3) is 3.05. The lowest BCUT2D eigenvalue weighted by Crippen LogP contribution is -2.29. The second kappa shape index (κ2) is 5.75. The van der Waals surface area contributed by atoms with E-state index in [1.807, 2.05) is 12.3 Å². The molecule has 1 aromatic heterocycles. The van der Waals surface area contributed by atoms with Gasteiger partial charge in [-0.25, -0.2) is 9.37 Å². The molecule has 0 aliphatic heterocycles. The monoisotopic (exact) mass is 285 g/mol. The first kappa shape index (κ1) is 13.4. The van der Waals surface area contributed by atoms with Gasteiger partial charge in [-0.3, -0.25) is 11.3 Å². The fourth-order valence-corrected chi connectivity index (χ4v) is 2.56. The molecule has 1 atom stereocenters. The Morgan fingerprint density at radius 2 is 2.33 bits per heavy atom. The second-order valence-corrected chi connectivity index (χ2v) is 5.43. The normalized spacial score (nSPS) is 12.7. The molecule has 0 bridgehead atoms. The van der Waals surface area contributed by atoms with Crippen molar-refractivity contribution in [2.75, 3.05) is 0 Å². The van der Waals surface area contributed by atoms with Crippen LogP contribution in [0.25, 0.3) is 0 Å². The molecule has 1 unspecified atom stereocenters. The first-order valence-corrected chi connectivity index (χ1v) is 6.68. The maximum Gasteiger partial charge on any atom is 0.141 e. The Morgan fingerprint density at radius 1 is 1.56 bits per heavy atom. The molecule has 3 nitrogen and oxygen atoms in total. The average molecular weight is 286 g/mol. The lowest BCUT2D eigenvalue weighted by molar-refractivity contribution is 0.539. The summed E-state index contributed by atoms with van der Waals surface area (Å²) >= 11 is 7.32. The molecular formula is C12H13ClFN3S. The fourth-order valence-electron chi connectivity index (χ4n) is 1.69. The van der Waals surface area contributed by atoms with Crippen LogP contribution in [0.5, 0.6) is 0 Å². The first-order chi connectivity index (χ1) is 8.60. The van der Waals surface area contributed by atoms with E-state index in [1.165, 1.54) is 6.07 Å². The number of hydrogen-bond donors (Lipinski definition) is 2. The van der Waals surface area contributed by atoms with Crippen LogP contribution in [-0.4, -0.2) is 4.98 Å². The minimum Gasteiger partial charge on any atom is -0.271 e. The van der Waals surface area contributed by atoms with Gasteiger partial charge in [0, 0.05) is 5.38 Å². The summed E-state index contributed by atoms with van der Waals surface area (Å²) in [5.41, 5.74) is 4.52. The summed E-state index contributed by atoms with van der Waals surface area (Å²) in [4.78, 5) is 4.39. The number of hydrogen-bond acceptors (Lipinski definition) is 4. The summed E-state index contributed by atoms with van der Waals surface area (Å²) in [5, 5.41) is 3.07. The minimum absolute atomic E-state index is 0.100. The molecule has 18 heavy (non-hydrogen) atoms. The van der Waals surface area contributed by atoms with Crippen molar-refractivity contribution in [1.82, 2.24) is 10.4 Å². The lowest BCUT2D eigenvalue weighted by atomic mass is 10.0. The van der Waals surface area contributed by atoms with Crippen molar-refractivity contribution in [1.29, 1.82) is 0 Å². The number of thiazole rings is 1. The van der Waals surface area contributed by atoms with Gasteiger partial charge in [-0.05, 0) is 31.0 Å². The predicted molar refractivity (Wildman–Crippen MR) is 72.0 cm³/mol. The Balaban J connectivity index is 2.17. The number of aromatic nitrogens is 1. The van der Waals surface area contributed by atoms with E-state index in [9.17, 15) is 4.39 Å². The van der Waals surface area contributed by atoms with Gasteiger partial charge in [-0.15, -0.1) is 11.3 Å². The highest BCUT2D eigenvalue weighted by atomic mass is 35.5. The molecule has 0 radical (unpaired) electrons. The Hall–Kier alpha value is -1.01. The molecule has 2 aromatic rings. The van der Waals surface area contributed by atoms with E-state index in [4.69, 9.17) is 17.4 Å². The third-order valence-corrected chi connectivity index (χ3v) is 3.70. The average Bonchev–Trinajstić information content (AvgIpc) is 2.77. The van der Waals surface area contributed by atoms with Crippen LogP contribution < -0.4 is 11.3 Å². The molecular weight excluding hydrogens is 273 g/mol. The standard InChI is InChI=1S/C12H13ClFN3S/c1-7-16-12(6-18-7)11(17-15)5-8-2-3-10(14)9(13)4-8/h2-4,6,11,17H,5,15H2,1H3. The summed E-state index contributed by atoms with van der Waals surface area (Å²) in [7, 11) is 0. The SMILES string of the molecule is Cc1nc(C(Cc2ccc(F)c(Cl)c2)NN)cs1. The van der Waals surface area contributed by atoms with E-state index in [-0.39, 0.29) is 11.1 Å². The molecule has 0 aliphatic carbocycles. The van der Waals surface area contributed by atoms with Gasteiger partial charge < -0.3 is 0 Å². The number of nitrogens with zero attached hydrogens (tertiary/aromatic N) is 1. The van der Waals surface area contributed by atoms with E-state index in [2.05, 4.69) is 10.4 Å². The number of aryl methyl sites for hydroxylation is 1. The van der Waals surface area contributed by atoms with Gasteiger partial charge in [0.1, 0.15) is 5.82 Å². The zero-order valence-corrected chi connectivity index (χ0v) is 11.4. The lowest BCUT2D eigenvalue weighted by Gasteiger charge is -2.13. The molecule has 1 heterocycles. The summed E-state index contributed by atoms with van der Waals surface area (Å²) < 4.78 is 13.1. The first-order valence-electron chi connectivity index (χ1n) is 5.42. The number of hydrazine groups is 1. The molecule has 1 aromatic carbocycles. The van der Waals surface area contributed by atoms with Crippen LogP contribution in [-0.2, 0) is 6.42 Å². The number of halogens is 2. The highest BCUT2D eigenvalue weighted by molar-refractivity contribution is 7.09. The van der Waals surface area contributed by atoms with Crippen LogP contribution in [0.4, 0.5) is 4.39 Å². The molecule has 0 amide bonds. The highest BCUT2D eigenvalue weighted by Gasteiger charge is 2.14. The highest BCUT2D eigenvalue weighted by Crippen LogP contribution is 2.22. The number of nitrogens with two attached hydrogens (primary N) is 1. The predicted octanol–water partition coefficient (Wildman–Crippen LogP) is 2.99. The molecule has 96 valence electrons. The van der Waals surface area contributed by atoms with Crippen LogP contribution in [0.15, 0.2) is 23.6 Å². The Kier molecular flexibility index (Phi) is 4.29. The van der Waals surface area contributed by atoms with Crippen molar-refractivity contribution in [3.05, 3.63) is 50.7 Å². The smallest absolute Gasteiger partial charge is 0.141 e. The van der Waals surface area contributed by atoms with Gasteiger partial charge in [0.2, 0.25) is 0 Å². The quantitative estimate of drug-likeness (QED) is 0.671. The van der Waals surface area contributed by atoms with E-state index in [0.717, 1.165) is 16.3 Å². The number of nitrogens with one attached hydrogen (secondary N) is 1. The maximum absolute atomic E-state index is 13.1. The van der Waals surface area contributed by atoms with Gasteiger partial charge in [-0.2, -0.15) is 0 Å². The van der Waals surface area contributed by atoms with Crippen molar-refractivity contribution in [3.8, 4) is 0 Å². The molecule has 0 saturated heterocycles. The summed E-state index contributed by atoms with van der Waals surface area (Å²) in [6.07, 6.45) is 0.611. The van der Waals surface area contributed by atoms with Gasteiger partial charge in [-0.1, -0.05) is 17.7 Å². The molecule has 2 rings (SSSR count). The molecule has 0 aliphatic rings. The third-order valence-electron chi connectivity index (χ3n) is 2.62. The second-order valence-electron chi connectivity index (χ2n) is 3.96. The van der Waals surface area contributed by atoms with E-state index in [0.29, 0.717) is 6.42 Å². The van der Waals surface area contributed by atoms with E-state index < -0.39 is 5.82 Å². The van der Waals surface area contributed by atoms with Gasteiger partial charge in [0.25, 0.3) is 0 Å². The van der Waals surface area contributed by atoms with Gasteiger partial charge in [0.05, 0.1) is 21.8 Å². The zero-order valence-electron chi connectivity index (χ0n) is 9.78. The molecule has 0 fully saturated rings. The largest absolute Gasteiger partial charge is 0.271 e. The van der Waals surface area contributed by atoms with Gasteiger partial charge >= 0.3 is 0 Å². The van der Waals surface area contributed by atoms with Crippen LogP contribution in [0.3, 0.4) is 0 Å². The number of benzene rings is 1. The van der Waals surface area contributed by atoms with Crippen molar-refractivity contribution < 1.29 is 4.39 Å². The summed E-state index contributed by atoms with van der Waals surface area (Å²) in [6.45, 7) is 1.94. The topological polar surface area (TPSA) is 50.9 Å². The number of rotatable bonds is 4. The van der Waals surface area contributed by atoms with Crippen molar-refractivity contribution >= 4 is 22.9 Å². The van der Waals surface area contributed by atoms with Gasteiger partial charge in [0.15, 0.2) is 0 Å². The Labute approximate surface area is 114 Å². The molecule has 3 N–H and O–H groups in total. The molecule has 0 spiro atoms. The summed E-state index contributed by atoms with van der Waals surface area (Å²) in [5.74, 6) is 5.12. The van der Waals surface area contributed by atoms with Crippen LogP contribution in [0.2, 0.25) is 5.02 Å². The Bertz CT molecular complexity index is 544. The molecule has 0 saturated carbocycles. The maximum atomic E-state index is 13.1. The fraction of sp³-hybridized carbons (Fsp3) is 0.250. The minimum atomic E-state index is -0.415. The van der Waals surface area contributed by atoms with Crippen molar-refractivity contribution in [3.63, 3.8) is 0 Å². The Morgan fingerprint density at radius 3 is 2.89 bits per heavy atom. The van der Waals surface area contributed by atoms with E-state index in [1.54, 1.807) is 23.5 Å². The van der Waals surface area contributed by atoms with Crippen LogP contribution >= 0.6 is 22.9 Å².